The fourth-order valence-electron chi connectivity index (χ4n) is 0.602. The van der Waals surface area contributed by atoms with Gasteiger partial charge < -0.3 is 5.73 Å². The Hall–Kier alpha value is -1.35. The van der Waals surface area contributed by atoms with Gasteiger partial charge in [0.25, 0.3) is 0 Å². The zero-order chi connectivity index (χ0) is 6.69. The van der Waals surface area contributed by atoms with E-state index in [1.165, 1.54) is 0 Å². The number of nitrogens with zero attached hydrogens (tertiary/aromatic N) is 1. The molecule has 0 saturated carbocycles. The van der Waals surface area contributed by atoms with Crippen molar-refractivity contribution in [3.05, 3.63) is 35.9 Å². The molecule has 1 aromatic rings. The van der Waals surface area contributed by atoms with E-state index >= 15 is 0 Å². The number of nitrogens with two attached hydrogens (primary N) is 1. The van der Waals surface area contributed by atoms with Gasteiger partial charge in [-0.3, -0.25) is 4.79 Å². The van der Waals surface area contributed by atoms with E-state index in [2.05, 4.69) is 0 Å². The van der Waals surface area contributed by atoms with Gasteiger partial charge in [0.15, 0.2) is 0 Å². The molecular weight excluding hydrogens is 128 g/mol. The summed E-state index contributed by atoms with van der Waals surface area (Å²) in [5.74, 6) is -0.379. The SMILES string of the molecule is NC(=O)c1ccccc1.[N]. The minimum absolute atomic E-state index is 0. The lowest BCUT2D eigenvalue weighted by Crippen LogP contribution is -2.09. The molecule has 51 valence electrons. The minimum atomic E-state index is -0.379. The number of primary amides is 1. The van der Waals surface area contributed by atoms with Crippen molar-refractivity contribution in [2.24, 2.45) is 5.73 Å². The third-order valence-corrected chi connectivity index (χ3v) is 1.06. The molecule has 0 heterocycles. The zero-order valence-electron chi connectivity index (χ0n) is 5.32. The van der Waals surface area contributed by atoms with Crippen LogP contribution in [0, 0.1) is 0 Å². The molecule has 0 spiro atoms. The van der Waals surface area contributed by atoms with Crippen LogP contribution in [0.5, 0.6) is 0 Å². The molecule has 10 heavy (non-hydrogen) atoms. The standard InChI is InChI=1S/C7H7NO.N/c8-7(9)6-4-2-1-3-5-6;/h1-5H,(H2,8,9);. The largest absolute Gasteiger partial charge is 0.366 e. The van der Waals surface area contributed by atoms with Gasteiger partial charge in [0.05, 0.1) is 0 Å². The van der Waals surface area contributed by atoms with Crippen LogP contribution < -0.4 is 11.9 Å². The Morgan fingerprint density at radius 2 is 1.70 bits per heavy atom. The monoisotopic (exact) mass is 135 g/mol. The fourth-order valence-corrected chi connectivity index (χ4v) is 0.602. The molecule has 0 aromatic heterocycles. The molecule has 0 aliphatic heterocycles. The van der Waals surface area contributed by atoms with E-state index in [1.807, 2.05) is 6.07 Å². The molecule has 1 rings (SSSR count). The summed E-state index contributed by atoms with van der Waals surface area (Å²) in [5, 5.41) is 0. The maximum absolute atomic E-state index is 10.4. The average Bonchev–Trinajstić information content (AvgIpc) is 1.90. The Balaban J connectivity index is 0.000000810. The van der Waals surface area contributed by atoms with E-state index in [0.29, 0.717) is 5.56 Å². The second kappa shape index (κ2) is 3.63. The third-order valence-electron chi connectivity index (χ3n) is 1.06. The zero-order valence-corrected chi connectivity index (χ0v) is 5.32. The second-order valence-corrected chi connectivity index (χ2v) is 1.73. The summed E-state index contributed by atoms with van der Waals surface area (Å²) >= 11 is 0. The molecule has 0 aliphatic rings. The first kappa shape index (κ1) is 8.65. The molecule has 3 heteroatoms. The maximum atomic E-state index is 10.4. The molecule has 2 N–H and O–H groups in total. The highest BCUT2D eigenvalue weighted by Gasteiger charge is 1.93. The average molecular weight is 135 g/mol. The van der Waals surface area contributed by atoms with E-state index in [9.17, 15) is 4.79 Å². The van der Waals surface area contributed by atoms with Gasteiger partial charge in [-0.15, -0.1) is 0 Å². The summed E-state index contributed by atoms with van der Waals surface area (Å²) in [4.78, 5) is 10.4. The highest BCUT2D eigenvalue weighted by molar-refractivity contribution is 5.92. The Morgan fingerprint density at radius 1 is 1.20 bits per heavy atom. The van der Waals surface area contributed by atoms with Gasteiger partial charge in [0, 0.05) is 11.7 Å². The summed E-state index contributed by atoms with van der Waals surface area (Å²) in [6.07, 6.45) is 0. The number of carbonyl (C=O) groups is 1. The highest BCUT2D eigenvalue weighted by atomic mass is 16.1. The topological polar surface area (TPSA) is 73.6 Å². The van der Waals surface area contributed by atoms with E-state index in [4.69, 9.17) is 5.73 Å². The molecule has 3 radical (unpaired) electrons. The molecule has 0 unspecified atom stereocenters. The lowest BCUT2D eigenvalue weighted by atomic mass is 10.2. The summed E-state index contributed by atoms with van der Waals surface area (Å²) < 4.78 is 0. The fraction of sp³-hybridized carbons (Fsp3) is 0. The Labute approximate surface area is 59.4 Å². The van der Waals surface area contributed by atoms with Gasteiger partial charge >= 0.3 is 0 Å². The molecule has 0 atom stereocenters. The first-order valence-corrected chi connectivity index (χ1v) is 2.65. The molecule has 0 bridgehead atoms. The van der Waals surface area contributed by atoms with Crippen molar-refractivity contribution in [1.29, 1.82) is 0 Å². The van der Waals surface area contributed by atoms with Crippen LogP contribution in [0.1, 0.15) is 10.4 Å². The van der Waals surface area contributed by atoms with Crippen molar-refractivity contribution in [1.82, 2.24) is 6.15 Å². The second-order valence-electron chi connectivity index (χ2n) is 1.73. The smallest absolute Gasteiger partial charge is 0.248 e. The van der Waals surface area contributed by atoms with Crippen molar-refractivity contribution in [3.63, 3.8) is 0 Å². The highest BCUT2D eigenvalue weighted by Crippen LogP contribution is 1.94. The normalized spacial score (nSPS) is 8.00. The van der Waals surface area contributed by atoms with Crippen LogP contribution in [0.15, 0.2) is 30.3 Å². The number of rotatable bonds is 1. The van der Waals surface area contributed by atoms with Crippen LogP contribution in [0.2, 0.25) is 0 Å². The predicted molar refractivity (Wildman–Crippen MR) is 37.1 cm³/mol. The number of benzene rings is 1. The molecule has 1 amide bonds. The van der Waals surface area contributed by atoms with Crippen LogP contribution in [-0.4, -0.2) is 5.91 Å². The van der Waals surface area contributed by atoms with Crippen molar-refractivity contribution in [2.75, 3.05) is 0 Å². The van der Waals surface area contributed by atoms with Gasteiger partial charge in [-0.2, -0.15) is 0 Å². The maximum Gasteiger partial charge on any atom is 0.248 e. The van der Waals surface area contributed by atoms with Crippen LogP contribution in [0.25, 0.3) is 0 Å². The van der Waals surface area contributed by atoms with Gasteiger partial charge in [0.1, 0.15) is 0 Å². The van der Waals surface area contributed by atoms with E-state index < -0.39 is 0 Å². The summed E-state index contributed by atoms with van der Waals surface area (Å²) in [6.45, 7) is 0. The number of hydrogen-bond donors (Lipinski definition) is 1. The molecular formula is C7H7N2O. The third kappa shape index (κ3) is 1.87. The van der Waals surface area contributed by atoms with Gasteiger partial charge in [-0.05, 0) is 12.1 Å². The molecule has 0 fully saturated rings. The summed E-state index contributed by atoms with van der Waals surface area (Å²) in [6, 6.07) is 8.76. The van der Waals surface area contributed by atoms with Crippen LogP contribution in [0.4, 0.5) is 0 Å². The van der Waals surface area contributed by atoms with E-state index in [0.717, 1.165) is 0 Å². The van der Waals surface area contributed by atoms with Gasteiger partial charge in [0.2, 0.25) is 5.91 Å². The lowest BCUT2D eigenvalue weighted by molar-refractivity contribution is 0.100. The quantitative estimate of drug-likeness (QED) is 0.591. The summed E-state index contributed by atoms with van der Waals surface area (Å²) in [5.41, 5.74) is 5.53. The molecule has 0 saturated heterocycles. The van der Waals surface area contributed by atoms with Crippen LogP contribution in [-0.2, 0) is 0 Å². The molecule has 1 aromatic carbocycles. The van der Waals surface area contributed by atoms with Crippen LogP contribution >= 0.6 is 0 Å². The number of hydrogen-bond acceptors (Lipinski definition) is 1. The first-order chi connectivity index (χ1) is 4.30. The Bertz CT molecular complexity index is 208. The first-order valence-electron chi connectivity index (χ1n) is 2.65. The van der Waals surface area contributed by atoms with Crippen molar-refractivity contribution in [2.45, 2.75) is 0 Å². The van der Waals surface area contributed by atoms with Gasteiger partial charge in [-0.1, -0.05) is 18.2 Å². The number of amides is 1. The van der Waals surface area contributed by atoms with Gasteiger partial charge in [-0.25, -0.2) is 0 Å². The van der Waals surface area contributed by atoms with Crippen molar-refractivity contribution < 1.29 is 4.79 Å². The summed E-state index contributed by atoms with van der Waals surface area (Å²) in [7, 11) is 0. The minimum Gasteiger partial charge on any atom is -0.366 e. The van der Waals surface area contributed by atoms with Crippen molar-refractivity contribution in [3.8, 4) is 0 Å². The predicted octanol–water partition coefficient (Wildman–Crippen LogP) is 0.305. The number of carbonyl (C=O) groups excluding carboxylic acids is 1. The Kier molecular flexibility index (Phi) is 3.14. The van der Waals surface area contributed by atoms with Crippen LogP contribution in [0.3, 0.4) is 0 Å². The molecule has 3 nitrogen and oxygen atoms in total. The molecule has 0 aliphatic carbocycles. The Morgan fingerprint density at radius 3 is 2.00 bits per heavy atom. The van der Waals surface area contributed by atoms with E-state index in [1.54, 1.807) is 24.3 Å². The van der Waals surface area contributed by atoms with Crippen molar-refractivity contribution >= 4 is 5.91 Å². The van der Waals surface area contributed by atoms with E-state index in [-0.39, 0.29) is 12.1 Å². The lowest BCUT2D eigenvalue weighted by Gasteiger charge is -1.89.